The number of hydrogen-bond donors (Lipinski definition) is 1. The van der Waals surface area contributed by atoms with Gasteiger partial charge >= 0.3 is 6.61 Å². The van der Waals surface area contributed by atoms with Crippen molar-refractivity contribution in [3.8, 4) is 17.2 Å². The first kappa shape index (κ1) is 21.1. The summed E-state index contributed by atoms with van der Waals surface area (Å²) in [5.41, 5.74) is 0.787. The van der Waals surface area contributed by atoms with Gasteiger partial charge in [0.1, 0.15) is 5.75 Å². The molecule has 2 rings (SSSR count). The molecule has 0 spiro atoms. The molecule has 27 heavy (non-hydrogen) atoms. The van der Waals surface area contributed by atoms with Crippen molar-refractivity contribution in [3.05, 3.63) is 52.0 Å². The highest BCUT2D eigenvalue weighted by Crippen LogP contribution is 2.29. The number of nitrogens with one attached hydrogen (secondary N) is 1. The van der Waals surface area contributed by atoms with Crippen LogP contribution in [0.15, 0.2) is 36.4 Å². The van der Waals surface area contributed by atoms with E-state index in [4.69, 9.17) is 32.7 Å². The Morgan fingerprint density at radius 3 is 2.52 bits per heavy atom. The Bertz CT molecular complexity index is 790. The summed E-state index contributed by atoms with van der Waals surface area (Å²) in [5.74, 6) is 0.176. The van der Waals surface area contributed by atoms with E-state index < -0.39 is 6.61 Å². The summed E-state index contributed by atoms with van der Waals surface area (Å²) in [6.07, 6.45) is 0.471. The van der Waals surface area contributed by atoms with Crippen LogP contribution in [-0.2, 0) is 11.2 Å². The molecule has 0 heterocycles. The summed E-state index contributed by atoms with van der Waals surface area (Å²) in [5, 5.41) is 3.47. The number of rotatable bonds is 9. The minimum atomic E-state index is -2.93. The van der Waals surface area contributed by atoms with Crippen LogP contribution in [0.25, 0.3) is 0 Å². The third kappa shape index (κ3) is 6.77. The van der Waals surface area contributed by atoms with Crippen molar-refractivity contribution in [2.24, 2.45) is 0 Å². The van der Waals surface area contributed by atoms with Gasteiger partial charge in [-0.05, 0) is 42.3 Å². The highest BCUT2D eigenvalue weighted by Gasteiger charge is 2.11. The fraction of sp³-hybridized carbons (Fsp3) is 0.278. The van der Waals surface area contributed by atoms with Gasteiger partial charge in [0, 0.05) is 11.6 Å². The molecule has 0 aliphatic carbocycles. The van der Waals surface area contributed by atoms with Crippen LogP contribution in [0.2, 0.25) is 10.0 Å². The van der Waals surface area contributed by atoms with E-state index in [-0.39, 0.29) is 24.0 Å². The Hall–Kier alpha value is -2.25. The molecule has 146 valence electrons. The van der Waals surface area contributed by atoms with E-state index >= 15 is 0 Å². The molecule has 9 heteroatoms. The van der Waals surface area contributed by atoms with E-state index in [0.717, 1.165) is 5.56 Å². The first-order valence-corrected chi connectivity index (χ1v) is 8.61. The SMILES string of the molecule is COc1cc(CCNC(=O)COc2ccc(Cl)cc2Cl)ccc1OC(F)F. The van der Waals surface area contributed by atoms with Crippen molar-refractivity contribution in [3.63, 3.8) is 0 Å². The third-order valence-corrected chi connectivity index (χ3v) is 3.96. The maximum absolute atomic E-state index is 12.3. The average molecular weight is 420 g/mol. The number of carbonyl (C=O) groups is 1. The van der Waals surface area contributed by atoms with Gasteiger partial charge in [0.25, 0.3) is 5.91 Å². The molecule has 0 atom stereocenters. The van der Waals surface area contributed by atoms with Gasteiger partial charge in [0.2, 0.25) is 0 Å². The molecule has 0 bridgehead atoms. The van der Waals surface area contributed by atoms with Crippen LogP contribution in [0.1, 0.15) is 5.56 Å². The summed E-state index contributed by atoms with van der Waals surface area (Å²) in [7, 11) is 1.36. The maximum Gasteiger partial charge on any atom is 0.387 e. The number of benzene rings is 2. The summed E-state index contributed by atoms with van der Waals surface area (Å²) >= 11 is 11.7. The molecule has 0 aliphatic heterocycles. The molecule has 0 aromatic heterocycles. The minimum absolute atomic E-state index is 0.0477. The molecule has 1 amide bonds. The van der Waals surface area contributed by atoms with E-state index in [9.17, 15) is 13.6 Å². The average Bonchev–Trinajstić information content (AvgIpc) is 2.61. The van der Waals surface area contributed by atoms with Gasteiger partial charge in [-0.2, -0.15) is 8.78 Å². The van der Waals surface area contributed by atoms with Crippen molar-refractivity contribution in [1.29, 1.82) is 0 Å². The Balaban J connectivity index is 1.80. The number of alkyl halides is 2. The van der Waals surface area contributed by atoms with E-state index in [2.05, 4.69) is 10.1 Å². The molecule has 1 N–H and O–H groups in total. The fourth-order valence-corrected chi connectivity index (χ4v) is 2.66. The van der Waals surface area contributed by atoms with E-state index in [1.807, 2.05) is 0 Å². The van der Waals surface area contributed by atoms with Crippen molar-refractivity contribution >= 4 is 29.1 Å². The zero-order chi connectivity index (χ0) is 19.8. The molecule has 0 saturated carbocycles. The standard InChI is InChI=1S/C18H17Cl2F2NO4/c1-25-16-8-11(2-4-15(16)27-18(21)22)6-7-23-17(24)10-26-14-5-3-12(19)9-13(14)20/h2-5,8-9,18H,6-7,10H2,1H3,(H,23,24). The molecule has 0 radical (unpaired) electrons. The van der Waals surface area contributed by atoms with Crippen molar-refractivity contribution in [1.82, 2.24) is 5.32 Å². The Labute approximate surface area is 165 Å². The Kier molecular flexibility index (Phi) is 7.94. The topological polar surface area (TPSA) is 56.8 Å². The predicted molar refractivity (Wildman–Crippen MR) is 98.3 cm³/mol. The van der Waals surface area contributed by atoms with Crippen LogP contribution in [0.3, 0.4) is 0 Å². The number of carbonyl (C=O) groups excluding carboxylic acids is 1. The van der Waals surface area contributed by atoms with Crippen LogP contribution >= 0.6 is 23.2 Å². The number of amides is 1. The van der Waals surface area contributed by atoms with Gasteiger partial charge in [-0.1, -0.05) is 29.3 Å². The van der Waals surface area contributed by atoms with Crippen LogP contribution in [-0.4, -0.2) is 32.8 Å². The van der Waals surface area contributed by atoms with Crippen LogP contribution in [0.4, 0.5) is 8.78 Å². The normalized spacial score (nSPS) is 10.6. The summed E-state index contributed by atoms with van der Waals surface area (Å²) < 4.78 is 39.4. The van der Waals surface area contributed by atoms with Crippen LogP contribution in [0, 0.1) is 0 Å². The molecule has 0 aliphatic rings. The van der Waals surface area contributed by atoms with Crippen molar-refractivity contribution in [2.45, 2.75) is 13.0 Å². The van der Waals surface area contributed by atoms with Gasteiger partial charge in [-0.25, -0.2) is 0 Å². The summed E-state index contributed by atoms with van der Waals surface area (Å²) in [4.78, 5) is 11.9. The number of ether oxygens (including phenoxy) is 3. The van der Waals surface area contributed by atoms with Gasteiger partial charge in [0.15, 0.2) is 18.1 Å². The van der Waals surface area contributed by atoms with Gasteiger partial charge in [-0.3, -0.25) is 4.79 Å². The molecule has 0 saturated heterocycles. The van der Waals surface area contributed by atoms with Gasteiger partial charge in [0.05, 0.1) is 12.1 Å². The molecular weight excluding hydrogens is 403 g/mol. The second-order valence-corrected chi connectivity index (χ2v) is 6.17. The van der Waals surface area contributed by atoms with Crippen molar-refractivity contribution in [2.75, 3.05) is 20.3 Å². The molecule has 5 nitrogen and oxygen atoms in total. The monoisotopic (exact) mass is 419 g/mol. The largest absolute Gasteiger partial charge is 0.493 e. The molecule has 2 aromatic carbocycles. The molecular formula is C18H17Cl2F2NO4. The van der Waals surface area contributed by atoms with E-state index in [1.165, 1.54) is 19.2 Å². The second kappa shape index (κ2) is 10.2. The maximum atomic E-state index is 12.3. The van der Waals surface area contributed by atoms with E-state index in [1.54, 1.807) is 24.3 Å². The van der Waals surface area contributed by atoms with Crippen LogP contribution in [0.5, 0.6) is 17.2 Å². The van der Waals surface area contributed by atoms with E-state index in [0.29, 0.717) is 28.8 Å². The lowest BCUT2D eigenvalue weighted by molar-refractivity contribution is -0.123. The number of halogens is 4. The van der Waals surface area contributed by atoms with Gasteiger partial charge in [-0.15, -0.1) is 0 Å². The minimum Gasteiger partial charge on any atom is -0.493 e. The summed E-state index contributed by atoms with van der Waals surface area (Å²) in [6.45, 7) is -2.81. The highest BCUT2D eigenvalue weighted by atomic mass is 35.5. The fourth-order valence-electron chi connectivity index (χ4n) is 2.19. The smallest absolute Gasteiger partial charge is 0.387 e. The predicted octanol–water partition coefficient (Wildman–Crippen LogP) is 4.34. The zero-order valence-electron chi connectivity index (χ0n) is 14.3. The first-order valence-electron chi connectivity index (χ1n) is 7.85. The molecule has 0 fully saturated rings. The lowest BCUT2D eigenvalue weighted by Crippen LogP contribution is -2.30. The van der Waals surface area contributed by atoms with Crippen LogP contribution < -0.4 is 19.5 Å². The molecule has 0 unspecified atom stereocenters. The lowest BCUT2D eigenvalue weighted by Gasteiger charge is -2.12. The number of hydrogen-bond acceptors (Lipinski definition) is 4. The Morgan fingerprint density at radius 1 is 1.11 bits per heavy atom. The Morgan fingerprint density at radius 2 is 1.85 bits per heavy atom. The highest BCUT2D eigenvalue weighted by molar-refractivity contribution is 6.35. The quantitative estimate of drug-likeness (QED) is 0.656. The third-order valence-electron chi connectivity index (χ3n) is 3.43. The number of methoxy groups -OCH3 is 1. The molecule has 2 aromatic rings. The van der Waals surface area contributed by atoms with Crippen molar-refractivity contribution < 1.29 is 27.8 Å². The summed E-state index contributed by atoms with van der Waals surface area (Å²) in [6, 6.07) is 9.30. The lowest BCUT2D eigenvalue weighted by atomic mass is 10.1. The second-order valence-electron chi connectivity index (χ2n) is 5.33. The first-order chi connectivity index (χ1) is 12.9. The van der Waals surface area contributed by atoms with Gasteiger partial charge < -0.3 is 19.5 Å². The zero-order valence-corrected chi connectivity index (χ0v) is 15.8.